The van der Waals surface area contributed by atoms with Gasteiger partial charge in [-0.2, -0.15) is 0 Å². The summed E-state index contributed by atoms with van der Waals surface area (Å²) in [7, 11) is 0. The minimum atomic E-state index is 0. The van der Waals surface area contributed by atoms with Crippen LogP contribution in [0.2, 0.25) is 0 Å². The van der Waals surface area contributed by atoms with E-state index in [2.05, 4.69) is 0 Å². The zero-order valence-electron chi connectivity index (χ0n) is 1.89. The summed E-state index contributed by atoms with van der Waals surface area (Å²) in [6, 6.07) is 0. The van der Waals surface area contributed by atoms with E-state index in [4.69, 9.17) is 0 Å². The van der Waals surface area contributed by atoms with E-state index in [0.29, 0.717) is 0 Å². The van der Waals surface area contributed by atoms with Crippen LogP contribution in [0.15, 0.2) is 0 Å². The molecule has 0 saturated heterocycles. The standard InChI is InChI=1S/5Eu.9Ga.27H. The Kier molecular flexibility index (Phi) is 708. The van der Waals surface area contributed by atoms with Crippen LogP contribution < -0.4 is 0 Å². The second-order valence-electron chi connectivity index (χ2n) is 0. The molecule has 14 heteroatoms. The van der Waals surface area contributed by atoms with Gasteiger partial charge in [0, 0.05) is 247 Å². The van der Waals surface area contributed by atoms with Gasteiger partial charge in [-0.15, -0.1) is 0 Å². The average Bonchev–Trinajstić information content (AvgIpc) is 0. The predicted octanol–water partition coefficient (Wildman–Crippen LogP) is -10.7. The molecule has 0 nitrogen and oxygen atoms in total. The van der Waals surface area contributed by atoms with E-state index in [-0.39, 0.29) is 425 Å². The monoisotopic (exact) mass is 1410 g/mol. The molecule has 0 N–H and O–H groups in total. The Morgan fingerprint density at radius 3 is 0.143 bits per heavy atom. The van der Waals surface area contributed by atoms with Gasteiger partial charge >= 0.3 is 178 Å². The second-order valence-corrected chi connectivity index (χ2v) is 0. The van der Waals surface area contributed by atoms with Crippen LogP contribution in [0.3, 0.4) is 0 Å². The predicted molar refractivity (Wildman–Crippen MR) is 89.5 cm³/mol. The van der Waals surface area contributed by atoms with Crippen molar-refractivity contribution in [2.75, 3.05) is 0 Å². The first-order chi connectivity index (χ1) is 0. The van der Waals surface area contributed by atoms with Crippen LogP contribution in [0.1, 0.15) is 0 Å². The van der Waals surface area contributed by atoms with Crippen LogP contribution in [0.5, 0.6) is 0 Å². The van der Waals surface area contributed by atoms with Gasteiger partial charge in [-0.25, -0.2) is 0 Å². The Bertz CT molecular complexity index is 13.2. The SMILES string of the molecule is [Eu].[Eu].[Eu].[Eu].[Eu].[GaH3].[GaH3].[GaH3].[GaH3].[GaH3].[GaH3].[GaH3].[GaH3].[GaH3]. The number of hydrogen-bond donors (Lipinski definition) is 0. The van der Waals surface area contributed by atoms with Gasteiger partial charge in [-0.3, -0.25) is 0 Å². The first-order valence-corrected chi connectivity index (χ1v) is 0. The molecule has 0 heterocycles. The summed E-state index contributed by atoms with van der Waals surface area (Å²) >= 11 is 0. The van der Waals surface area contributed by atoms with Crippen molar-refractivity contribution in [1.82, 2.24) is 0 Å². The molecule has 0 aliphatic rings. The molecule has 0 aliphatic heterocycles. The molecule has 0 unspecified atom stereocenters. The van der Waals surface area contributed by atoms with E-state index < -0.39 is 0 Å². The quantitative estimate of drug-likeness (QED) is 0.212. The summed E-state index contributed by atoms with van der Waals surface area (Å²) in [4.78, 5) is 0. The summed E-state index contributed by atoms with van der Waals surface area (Å²) < 4.78 is 0. The van der Waals surface area contributed by atoms with Crippen molar-refractivity contribution < 1.29 is 247 Å². The van der Waals surface area contributed by atoms with E-state index in [0.717, 1.165) is 0 Å². The fraction of sp³-hybridized carbons (Fsp3) is 0. The normalized spacial score (nSPS) is 0. The topological polar surface area (TPSA) is 0 Å². The Hall–Kier alpha value is 13.6. The number of hydrogen-bond acceptors (Lipinski definition) is 0. The zero-order valence-corrected chi connectivity index (χ0v) is 14.0. The summed E-state index contributed by atoms with van der Waals surface area (Å²) in [6.07, 6.45) is 0. The van der Waals surface area contributed by atoms with Crippen LogP contribution in [-0.2, 0) is 0 Å². The molecule has 0 fully saturated rings. The first kappa shape index (κ1) is 105. The third-order valence-electron chi connectivity index (χ3n) is 0. The van der Waals surface area contributed by atoms with Crippen molar-refractivity contribution in [2.24, 2.45) is 0 Å². The van der Waals surface area contributed by atoms with Gasteiger partial charge in [0.15, 0.2) is 0 Å². The van der Waals surface area contributed by atoms with E-state index in [1.807, 2.05) is 0 Å². The first-order valence-electron chi connectivity index (χ1n) is 0. The molecule has 0 bridgehead atoms. The average molecular weight is 1410 g/mol. The fourth-order valence-electron chi connectivity index (χ4n) is 0. The zero-order chi connectivity index (χ0) is 0. The third kappa shape index (κ3) is 83.6. The molecular formula is H27Eu5Ga9. The maximum atomic E-state index is 0. The molecule has 0 aliphatic carbocycles. The summed E-state index contributed by atoms with van der Waals surface area (Å²) in [5, 5.41) is 0. The van der Waals surface area contributed by atoms with Gasteiger partial charge in [0.05, 0.1) is 0 Å². The summed E-state index contributed by atoms with van der Waals surface area (Å²) in [6.45, 7) is 0. The maximum absolute atomic E-state index is 0. The summed E-state index contributed by atoms with van der Waals surface area (Å²) in [5.41, 5.74) is 0. The van der Waals surface area contributed by atoms with Crippen LogP contribution in [0.25, 0.3) is 0 Å². The second kappa shape index (κ2) is 94.1. The van der Waals surface area contributed by atoms with Crippen molar-refractivity contribution in [1.29, 1.82) is 0 Å². The van der Waals surface area contributed by atoms with Gasteiger partial charge in [0.2, 0.25) is 0 Å². The molecule has 14 heavy (non-hydrogen) atoms. The van der Waals surface area contributed by atoms with Crippen molar-refractivity contribution >= 4 is 178 Å². The number of rotatable bonds is 0. The molecule has 0 amide bonds. The molecule has 0 saturated carbocycles. The van der Waals surface area contributed by atoms with Gasteiger partial charge in [0.1, 0.15) is 0 Å². The summed E-state index contributed by atoms with van der Waals surface area (Å²) in [5.74, 6) is 0. The molecule has 89 valence electrons. The Morgan fingerprint density at radius 2 is 0.143 bits per heavy atom. The molecule has 0 atom stereocenters. The molecule has 0 aromatic heterocycles. The van der Waals surface area contributed by atoms with E-state index >= 15 is 0 Å². The van der Waals surface area contributed by atoms with Crippen LogP contribution in [-0.4, -0.2) is 178 Å². The van der Waals surface area contributed by atoms with Crippen molar-refractivity contribution in [3.8, 4) is 0 Å². The van der Waals surface area contributed by atoms with Gasteiger partial charge in [0.25, 0.3) is 0 Å². The molecule has 0 aromatic rings. The Morgan fingerprint density at radius 1 is 0.143 bits per heavy atom. The molecule has 5 radical (unpaired) electrons. The minimum absolute atomic E-state index is 0. The van der Waals surface area contributed by atoms with Gasteiger partial charge in [-0.05, 0) is 0 Å². The van der Waals surface area contributed by atoms with E-state index in [1.165, 1.54) is 0 Å². The van der Waals surface area contributed by atoms with Gasteiger partial charge in [-0.1, -0.05) is 0 Å². The molecule has 0 aromatic carbocycles. The van der Waals surface area contributed by atoms with Crippen LogP contribution in [0, 0.1) is 247 Å². The van der Waals surface area contributed by atoms with E-state index in [1.54, 1.807) is 0 Å². The van der Waals surface area contributed by atoms with E-state index in [9.17, 15) is 0 Å². The van der Waals surface area contributed by atoms with Gasteiger partial charge < -0.3 is 0 Å². The Balaban J connectivity index is 0. The molecule has 0 rings (SSSR count). The Labute approximate surface area is 409 Å². The van der Waals surface area contributed by atoms with Crippen LogP contribution >= 0.6 is 0 Å². The van der Waals surface area contributed by atoms with Crippen molar-refractivity contribution in [3.63, 3.8) is 0 Å². The van der Waals surface area contributed by atoms with Crippen molar-refractivity contribution in [3.05, 3.63) is 0 Å². The fourth-order valence-corrected chi connectivity index (χ4v) is 0. The van der Waals surface area contributed by atoms with Crippen molar-refractivity contribution in [2.45, 2.75) is 0 Å². The molecule has 0 spiro atoms. The third-order valence-corrected chi connectivity index (χ3v) is 0. The molecular weight excluding hydrogens is 1390 g/mol. The van der Waals surface area contributed by atoms with Crippen LogP contribution in [0.4, 0.5) is 0 Å².